The lowest BCUT2D eigenvalue weighted by molar-refractivity contribution is 0.461. The molecule has 1 N–H and O–H groups in total. The van der Waals surface area contributed by atoms with Crippen LogP contribution in [0.2, 0.25) is 0 Å². The Balaban J connectivity index is 2.15. The standard InChI is InChI=1S/C18H22FNO/c1-3-12-20-13-16-17(19)6-5-7-18(16)21-15-10-8-14(4-2)9-11-15/h5-11,20H,3-4,12-13H2,1-2H3. The zero-order chi connectivity index (χ0) is 15.1. The maximum absolute atomic E-state index is 14.0. The molecule has 2 aromatic carbocycles. The highest BCUT2D eigenvalue weighted by molar-refractivity contribution is 5.39. The molecule has 0 aliphatic rings. The lowest BCUT2D eigenvalue weighted by Gasteiger charge is -2.13. The molecule has 0 atom stereocenters. The molecule has 3 heteroatoms. The number of aryl methyl sites for hydroxylation is 1. The summed E-state index contributed by atoms with van der Waals surface area (Å²) in [5, 5.41) is 3.22. The maximum Gasteiger partial charge on any atom is 0.134 e. The highest BCUT2D eigenvalue weighted by atomic mass is 19.1. The van der Waals surface area contributed by atoms with Crippen LogP contribution in [-0.2, 0) is 13.0 Å². The molecule has 21 heavy (non-hydrogen) atoms. The molecule has 0 bridgehead atoms. The Morgan fingerprint density at radius 1 is 1.05 bits per heavy atom. The van der Waals surface area contributed by atoms with E-state index in [1.807, 2.05) is 24.3 Å². The molecule has 0 heterocycles. The fourth-order valence-corrected chi connectivity index (χ4v) is 2.12. The van der Waals surface area contributed by atoms with Gasteiger partial charge in [-0.1, -0.05) is 32.0 Å². The van der Waals surface area contributed by atoms with Gasteiger partial charge in [0.05, 0.1) is 0 Å². The largest absolute Gasteiger partial charge is 0.457 e. The Hall–Kier alpha value is -1.87. The molecular weight excluding hydrogens is 265 g/mol. The Labute approximate surface area is 126 Å². The van der Waals surface area contributed by atoms with Gasteiger partial charge in [-0.05, 0) is 49.2 Å². The van der Waals surface area contributed by atoms with Crippen molar-refractivity contribution in [3.63, 3.8) is 0 Å². The van der Waals surface area contributed by atoms with Gasteiger partial charge in [0, 0.05) is 12.1 Å². The Bertz CT molecular complexity index is 566. The van der Waals surface area contributed by atoms with Crippen LogP contribution >= 0.6 is 0 Å². The van der Waals surface area contributed by atoms with Gasteiger partial charge in [-0.2, -0.15) is 0 Å². The van der Waals surface area contributed by atoms with Gasteiger partial charge in [0.1, 0.15) is 17.3 Å². The zero-order valence-corrected chi connectivity index (χ0v) is 12.7. The fraction of sp³-hybridized carbons (Fsp3) is 0.333. The van der Waals surface area contributed by atoms with Crippen LogP contribution in [0.4, 0.5) is 4.39 Å². The molecule has 0 aromatic heterocycles. The average molecular weight is 287 g/mol. The van der Waals surface area contributed by atoms with E-state index in [1.165, 1.54) is 11.6 Å². The number of rotatable bonds is 7. The SMILES string of the molecule is CCCNCc1c(F)cccc1Oc1ccc(CC)cc1. The predicted octanol–water partition coefficient (Wildman–Crippen LogP) is 4.68. The molecule has 0 spiro atoms. The van der Waals surface area contributed by atoms with Crippen molar-refractivity contribution in [2.75, 3.05) is 6.54 Å². The van der Waals surface area contributed by atoms with E-state index in [9.17, 15) is 4.39 Å². The van der Waals surface area contributed by atoms with Crippen LogP contribution in [0.1, 0.15) is 31.4 Å². The second kappa shape index (κ2) is 7.79. The van der Waals surface area contributed by atoms with Crippen molar-refractivity contribution < 1.29 is 9.13 Å². The minimum Gasteiger partial charge on any atom is -0.457 e. The van der Waals surface area contributed by atoms with E-state index in [0.717, 1.165) is 25.1 Å². The smallest absolute Gasteiger partial charge is 0.134 e. The second-order valence-electron chi connectivity index (χ2n) is 4.99. The van der Waals surface area contributed by atoms with Gasteiger partial charge in [0.2, 0.25) is 0 Å². The van der Waals surface area contributed by atoms with Crippen molar-refractivity contribution >= 4 is 0 Å². The summed E-state index contributed by atoms with van der Waals surface area (Å²) in [5.74, 6) is 1.07. The number of hydrogen-bond acceptors (Lipinski definition) is 2. The molecule has 2 rings (SSSR count). The van der Waals surface area contributed by atoms with Gasteiger partial charge in [-0.3, -0.25) is 0 Å². The first-order valence-corrected chi connectivity index (χ1v) is 7.49. The van der Waals surface area contributed by atoms with Gasteiger partial charge in [-0.25, -0.2) is 4.39 Å². The van der Waals surface area contributed by atoms with Crippen LogP contribution < -0.4 is 10.1 Å². The molecular formula is C18H22FNO. The van der Waals surface area contributed by atoms with Crippen molar-refractivity contribution in [3.05, 3.63) is 59.4 Å². The minimum atomic E-state index is -0.235. The first kappa shape index (κ1) is 15.5. The third-order valence-electron chi connectivity index (χ3n) is 3.36. The number of hydrogen-bond donors (Lipinski definition) is 1. The summed E-state index contributed by atoms with van der Waals surface area (Å²) in [5.41, 5.74) is 1.83. The second-order valence-corrected chi connectivity index (χ2v) is 4.99. The monoisotopic (exact) mass is 287 g/mol. The summed E-state index contributed by atoms with van der Waals surface area (Å²) < 4.78 is 19.8. The molecule has 0 aliphatic carbocycles. The van der Waals surface area contributed by atoms with Gasteiger partial charge in [0.15, 0.2) is 0 Å². The number of benzene rings is 2. The maximum atomic E-state index is 14.0. The van der Waals surface area contributed by atoms with E-state index in [-0.39, 0.29) is 5.82 Å². The van der Waals surface area contributed by atoms with Crippen LogP contribution in [-0.4, -0.2) is 6.54 Å². The van der Waals surface area contributed by atoms with E-state index < -0.39 is 0 Å². The van der Waals surface area contributed by atoms with Crippen molar-refractivity contribution in [2.45, 2.75) is 33.2 Å². The van der Waals surface area contributed by atoms with E-state index in [4.69, 9.17) is 4.74 Å². The van der Waals surface area contributed by atoms with Crippen LogP contribution in [0, 0.1) is 5.82 Å². The predicted molar refractivity (Wildman–Crippen MR) is 84.3 cm³/mol. The van der Waals surface area contributed by atoms with Crippen molar-refractivity contribution in [2.24, 2.45) is 0 Å². The molecule has 112 valence electrons. The van der Waals surface area contributed by atoms with E-state index in [2.05, 4.69) is 19.2 Å². The van der Waals surface area contributed by atoms with Gasteiger partial charge < -0.3 is 10.1 Å². The molecule has 0 unspecified atom stereocenters. The summed E-state index contributed by atoms with van der Waals surface area (Å²) in [6.45, 7) is 5.53. The summed E-state index contributed by atoms with van der Waals surface area (Å²) in [4.78, 5) is 0. The third kappa shape index (κ3) is 4.30. The lowest BCUT2D eigenvalue weighted by atomic mass is 10.1. The van der Waals surface area contributed by atoms with E-state index >= 15 is 0 Å². The van der Waals surface area contributed by atoms with Crippen LogP contribution in [0.5, 0.6) is 11.5 Å². The zero-order valence-electron chi connectivity index (χ0n) is 12.7. The lowest BCUT2D eigenvalue weighted by Crippen LogP contribution is -2.15. The molecule has 2 aromatic rings. The number of halogens is 1. The highest BCUT2D eigenvalue weighted by Crippen LogP contribution is 2.27. The van der Waals surface area contributed by atoms with Gasteiger partial charge in [-0.15, -0.1) is 0 Å². The Morgan fingerprint density at radius 3 is 2.48 bits per heavy atom. The van der Waals surface area contributed by atoms with Gasteiger partial charge in [0.25, 0.3) is 0 Å². The van der Waals surface area contributed by atoms with Crippen molar-refractivity contribution in [1.29, 1.82) is 0 Å². The number of nitrogens with one attached hydrogen (secondary N) is 1. The van der Waals surface area contributed by atoms with Crippen LogP contribution in [0.3, 0.4) is 0 Å². The average Bonchev–Trinajstić information content (AvgIpc) is 2.51. The molecule has 0 saturated carbocycles. The first-order chi connectivity index (χ1) is 10.2. The number of ether oxygens (including phenoxy) is 1. The van der Waals surface area contributed by atoms with Gasteiger partial charge >= 0.3 is 0 Å². The normalized spacial score (nSPS) is 10.6. The van der Waals surface area contributed by atoms with Crippen LogP contribution in [0.25, 0.3) is 0 Å². The summed E-state index contributed by atoms with van der Waals surface area (Å²) >= 11 is 0. The highest BCUT2D eigenvalue weighted by Gasteiger charge is 2.10. The summed E-state index contributed by atoms with van der Waals surface area (Å²) in [7, 11) is 0. The Kier molecular flexibility index (Phi) is 5.76. The molecule has 0 fully saturated rings. The molecule has 2 nitrogen and oxygen atoms in total. The van der Waals surface area contributed by atoms with Crippen molar-refractivity contribution in [1.82, 2.24) is 5.32 Å². The quantitative estimate of drug-likeness (QED) is 0.747. The Morgan fingerprint density at radius 2 is 1.81 bits per heavy atom. The molecule has 0 aliphatic heterocycles. The topological polar surface area (TPSA) is 21.3 Å². The minimum absolute atomic E-state index is 0.235. The third-order valence-corrected chi connectivity index (χ3v) is 3.36. The fourth-order valence-electron chi connectivity index (χ4n) is 2.12. The van der Waals surface area contributed by atoms with E-state index in [1.54, 1.807) is 12.1 Å². The van der Waals surface area contributed by atoms with Crippen LogP contribution in [0.15, 0.2) is 42.5 Å². The molecule has 0 saturated heterocycles. The van der Waals surface area contributed by atoms with E-state index in [0.29, 0.717) is 17.9 Å². The molecule has 0 amide bonds. The summed E-state index contributed by atoms with van der Waals surface area (Å²) in [6, 6.07) is 12.9. The first-order valence-electron chi connectivity index (χ1n) is 7.49. The summed E-state index contributed by atoms with van der Waals surface area (Å²) in [6.07, 6.45) is 2.01. The molecule has 0 radical (unpaired) electrons. The van der Waals surface area contributed by atoms with Crippen molar-refractivity contribution in [3.8, 4) is 11.5 Å².